The van der Waals surface area contributed by atoms with E-state index in [1.165, 1.54) is 6.20 Å². The van der Waals surface area contributed by atoms with E-state index in [1.54, 1.807) is 0 Å². The van der Waals surface area contributed by atoms with Crippen molar-refractivity contribution >= 4 is 22.4 Å². The van der Waals surface area contributed by atoms with Gasteiger partial charge in [0.2, 0.25) is 0 Å². The number of nitrogens with one attached hydrogen (secondary N) is 1. The number of ether oxygens (including phenoxy) is 1. The lowest BCUT2D eigenvalue weighted by Gasteiger charge is -2.30. The van der Waals surface area contributed by atoms with Crippen LogP contribution in [-0.4, -0.2) is 51.6 Å². The van der Waals surface area contributed by atoms with Gasteiger partial charge in [-0.15, -0.1) is 0 Å². The molecule has 0 radical (unpaired) electrons. The van der Waals surface area contributed by atoms with Gasteiger partial charge in [-0.2, -0.15) is 23.1 Å². The number of benzene rings is 1. The molecule has 1 atom stereocenters. The van der Waals surface area contributed by atoms with Gasteiger partial charge in [0.1, 0.15) is 29.5 Å². The number of aromatic nitrogens is 3. The van der Waals surface area contributed by atoms with Gasteiger partial charge in [0.25, 0.3) is 0 Å². The van der Waals surface area contributed by atoms with Crippen molar-refractivity contribution in [3.05, 3.63) is 46.9 Å². The quantitative estimate of drug-likeness (QED) is 0.177. The second kappa shape index (κ2) is 11.0. The van der Waals surface area contributed by atoms with Crippen LogP contribution in [-0.2, 0) is 6.18 Å². The molecule has 3 N–H and O–H groups in total. The third-order valence-corrected chi connectivity index (χ3v) is 7.87. The second-order valence-electron chi connectivity index (χ2n) is 10.6. The van der Waals surface area contributed by atoms with E-state index in [2.05, 4.69) is 25.2 Å². The highest BCUT2D eigenvalue weighted by Crippen LogP contribution is 2.44. The summed E-state index contributed by atoms with van der Waals surface area (Å²) in [4.78, 5) is 14.8. The number of nitrogens with two attached hydrogens (primary N) is 1. The molecule has 0 bridgehead atoms. The molecule has 0 unspecified atom stereocenters. The lowest BCUT2D eigenvalue weighted by Crippen LogP contribution is -2.43. The van der Waals surface area contributed by atoms with Crippen molar-refractivity contribution in [2.24, 2.45) is 0 Å². The number of anilines is 2. The van der Waals surface area contributed by atoms with E-state index in [1.807, 2.05) is 6.92 Å². The Labute approximate surface area is 232 Å². The van der Waals surface area contributed by atoms with Gasteiger partial charge >= 0.3 is 12.2 Å². The summed E-state index contributed by atoms with van der Waals surface area (Å²) in [7, 11) is 0. The Kier molecular flexibility index (Phi) is 7.75. The van der Waals surface area contributed by atoms with Crippen molar-refractivity contribution in [1.29, 1.82) is 0 Å². The van der Waals surface area contributed by atoms with Gasteiger partial charge in [-0.25, -0.2) is 13.2 Å². The van der Waals surface area contributed by atoms with Crippen molar-refractivity contribution in [2.75, 3.05) is 37.3 Å². The highest BCUT2D eigenvalue weighted by Gasteiger charge is 2.47. The summed E-state index contributed by atoms with van der Waals surface area (Å²) < 4.78 is 91.8. The maximum absolute atomic E-state index is 16.1. The first-order valence-electron chi connectivity index (χ1n) is 13.4. The van der Waals surface area contributed by atoms with Gasteiger partial charge in [0.15, 0.2) is 5.82 Å². The molecule has 3 aromatic rings. The molecule has 5 rings (SSSR count). The van der Waals surface area contributed by atoms with Gasteiger partial charge in [0.05, 0.1) is 28.5 Å². The Hall–Kier alpha value is -3.61. The Morgan fingerprint density at radius 2 is 2.00 bits per heavy atom. The normalized spacial score (nSPS) is 20.2. The van der Waals surface area contributed by atoms with E-state index in [0.717, 1.165) is 45.2 Å². The van der Waals surface area contributed by atoms with Crippen molar-refractivity contribution < 1.29 is 31.1 Å². The average Bonchev–Trinajstić information content (AvgIpc) is 3.47. The summed E-state index contributed by atoms with van der Waals surface area (Å²) in [6.45, 7) is 4.81. The zero-order valence-electron chi connectivity index (χ0n) is 22.6. The number of halogens is 6. The number of unbranched alkanes of at least 4 members (excludes halogenated alkanes) is 1. The van der Waals surface area contributed by atoms with Crippen molar-refractivity contribution in [2.45, 2.75) is 57.7 Å². The molecule has 41 heavy (non-hydrogen) atoms. The van der Waals surface area contributed by atoms with Crippen LogP contribution in [0.3, 0.4) is 0 Å². The number of hydrogen-bond donors (Lipinski definition) is 2. The summed E-state index contributed by atoms with van der Waals surface area (Å²) in [6, 6.07) is 0.544. The number of rotatable bonds is 8. The number of nitrogens with zero attached hydrogens (tertiary/aromatic N) is 4. The third-order valence-electron chi connectivity index (χ3n) is 7.87. The molecule has 2 aromatic heterocycles. The molecule has 1 aromatic carbocycles. The van der Waals surface area contributed by atoms with Gasteiger partial charge < -0.3 is 15.8 Å². The van der Waals surface area contributed by atoms with Crippen LogP contribution in [0, 0.1) is 18.6 Å². The zero-order valence-corrected chi connectivity index (χ0v) is 22.6. The fourth-order valence-corrected chi connectivity index (χ4v) is 5.83. The Morgan fingerprint density at radius 1 is 1.22 bits per heavy atom. The van der Waals surface area contributed by atoms with Gasteiger partial charge in [-0.1, -0.05) is 13.3 Å². The predicted molar refractivity (Wildman–Crippen MR) is 143 cm³/mol. The maximum atomic E-state index is 16.1. The van der Waals surface area contributed by atoms with E-state index >= 15 is 4.39 Å². The molecule has 13 heteroatoms. The van der Waals surface area contributed by atoms with Crippen LogP contribution in [0.1, 0.15) is 50.2 Å². The molecule has 0 saturated carbocycles. The van der Waals surface area contributed by atoms with Crippen LogP contribution in [0.5, 0.6) is 6.01 Å². The Bertz CT molecular complexity index is 1510. The predicted octanol–water partition coefficient (Wildman–Crippen LogP) is 6.56. The van der Waals surface area contributed by atoms with E-state index < -0.39 is 51.4 Å². The van der Waals surface area contributed by atoms with Crippen LogP contribution >= 0.6 is 0 Å². The summed E-state index contributed by atoms with van der Waals surface area (Å²) in [5, 5.41) is 3.25. The maximum Gasteiger partial charge on any atom is 0.417 e. The van der Waals surface area contributed by atoms with Crippen molar-refractivity contribution in [3.63, 3.8) is 0 Å². The number of pyridine rings is 1. The lowest BCUT2D eigenvalue weighted by atomic mass is 9.94. The van der Waals surface area contributed by atoms with Crippen molar-refractivity contribution in [3.8, 4) is 17.3 Å². The molecular weight excluding hydrogens is 550 g/mol. The number of fused-ring (bicyclic) bond motifs is 2. The first-order chi connectivity index (χ1) is 19.5. The smallest absolute Gasteiger partial charge is 0.417 e. The molecule has 2 aliphatic rings. The minimum atomic E-state index is -5.01. The minimum Gasteiger partial charge on any atom is -0.461 e. The summed E-state index contributed by atoms with van der Waals surface area (Å²) in [6.07, 6.45) is 0.583. The van der Waals surface area contributed by atoms with Crippen LogP contribution in [0.4, 0.5) is 37.8 Å². The molecule has 4 heterocycles. The van der Waals surface area contributed by atoms with Gasteiger partial charge in [0, 0.05) is 24.8 Å². The number of hydrogen-bond acceptors (Lipinski definition) is 7. The third kappa shape index (κ3) is 5.27. The van der Waals surface area contributed by atoms with E-state index in [0.29, 0.717) is 31.4 Å². The fraction of sp³-hybridized carbons (Fsp3) is 0.464. The molecule has 2 saturated heterocycles. The highest BCUT2D eigenvalue weighted by atomic mass is 19.4. The minimum absolute atomic E-state index is 0.121. The summed E-state index contributed by atoms with van der Waals surface area (Å²) in [5.41, 5.74) is 1.44. The standard InChI is InChI=1S/C28H30F6N6O/c1-3-4-7-36-25-18-12-37-23(17-9-19(35)21(30)15(2)20(17)28(32,33)34)22(31)24(18)38-26(39-25)41-14-27-6-5-8-40(27)13-16(10-27)11-29/h9,11-12H,3-8,10,13-14,35H2,1-2H3,(H,36,38,39)/b16-11-/t27-/m0/s1. The number of nitrogen functional groups attached to an aromatic ring is 1. The largest absolute Gasteiger partial charge is 0.461 e. The second-order valence-corrected chi connectivity index (χ2v) is 10.6. The van der Waals surface area contributed by atoms with E-state index in [4.69, 9.17) is 10.5 Å². The molecule has 0 amide bonds. The first kappa shape index (κ1) is 28.9. The molecule has 2 aliphatic heterocycles. The summed E-state index contributed by atoms with van der Waals surface area (Å²) in [5.74, 6) is -2.19. The molecular formula is C28H30F6N6O. The van der Waals surface area contributed by atoms with E-state index in [-0.39, 0.29) is 29.3 Å². The monoisotopic (exact) mass is 580 g/mol. The highest BCUT2D eigenvalue weighted by molar-refractivity contribution is 5.92. The van der Waals surface area contributed by atoms with Gasteiger partial charge in [-0.05, 0) is 56.4 Å². The number of alkyl halides is 3. The first-order valence-corrected chi connectivity index (χ1v) is 13.4. The molecule has 0 aliphatic carbocycles. The van der Waals surface area contributed by atoms with Crippen LogP contribution in [0.25, 0.3) is 22.2 Å². The van der Waals surface area contributed by atoms with E-state index in [9.17, 15) is 22.0 Å². The lowest BCUT2D eigenvalue weighted by molar-refractivity contribution is -0.137. The van der Waals surface area contributed by atoms with Crippen LogP contribution < -0.4 is 15.8 Å². The average molecular weight is 581 g/mol. The summed E-state index contributed by atoms with van der Waals surface area (Å²) >= 11 is 0. The Morgan fingerprint density at radius 3 is 2.71 bits per heavy atom. The molecule has 7 nitrogen and oxygen atoms in total. The van der Waals surface area contributed by atoms with Gasteiger partial charge in [-0.3, -0.25) is 9.88 Å². The fourth-order valence-electron chi connectivity index (χ4n) is 5.83. The molecule has 0 spiro atoms. The van der Waals surface area contributed by atoms with Crippen molar-refractivity contribution in [1.82, 2.24) is 19.9 Å². The molecule has 2 fully saturated rings. The topological polar surface area (TPSA) is 89.2 Å². The SMILES string of the molecule is CCCCNc1nc(OC[C@@]23CCCN2C/C(=C\F)C3)nc2c(F)c(-c3cc(N)c(F)c(C)c3C(F)(F)F)ncc12. The zero-order chi connectivity index (χ0) is 29.5. The van der Waals surface area contributed by atoms with Crippen LogP contribution in [0.15, 0.2) is 24.2 Å². The van der Waals surface area contributed by atoms with Crippen LogP contribution in [0.2, 0.25) is 0 Å². The molecule has 220 valence electrons. The Balaban J connectivity index is 1.60.